The summed E-state index contributed by atoms with van der Waals surface area (Å²) in [5.41, 5.74) is 6.29. The minimum Gasteiger partial charge on any atom is -0.399 e. The zero-order valence-electron chi connectivity index (χ0n) is 9.67. The second-order valence-electron chi connectivity index (χ2n) is 4.42. The van der Waals surface area contributed by atoms with Gasteiger partial charge in [0.15, 0.2) is 0 Å². The number of nitrogens with zero attached hydrogens (tertiary/aromatic N) is 1. The van der Waals surface area contributed by atoms with Crippen molar-refractivity contribution in [2.45, 2.75) is 12.5 Å². The second-order valence-corrected chi connectivity index (χ2v) is 4.42. The second kappa shape index (κ2) is 3.64. The van der Waals surface area contributed by atoms with Crippen LogP contribution in [0.3, 0.4) is 0 Å². The lowest BCUT2D eigenvalue weighted by Crippen LogP contribution is -2.44. The number of hydrogen-bond acceptors (Lipinski definition) is 5. The summed E-state index contributed by atoms with van der Waals surface area (Å²) in [7, 11) is 0. The predicted molar refractivity (Wildman–Crippen MR) is 62.9 cm³/mol. The molecule has 2 aliphatic rings. The first kappa shape index (κ1) is 11.4. The van der Waals surface area contributed by atoms with Crippen molar-refractivity contribution in [2.24, 2.45) is 0 Å². The molecule has 96 valence electrons. The van der Waals surface area contributed by atoms with Gasteiger partial charge in [-0.05, 0) is 18.2 Å². The number of benzene rings is 1. The van der Waals surface area contributed by atoms with E-state index in [0.717, 1.165) is 4.90 Å². The van der Waals surface area contributed by atoms with Gasteiger partial charge in [0.05, 0.1) is 17.5 Å². The van der Waals surface area contributed by atoms with E-state index in [-0.39, 0.29) is 17.5 Å². The number of anilines is 1. The molecule has 1 unspecified atom stereocenters. The maximum Gasteiger partial charge on any atom is 0.262 e. The highest BCUT2D eigenvalue weighted by Gasteiger charge is 2.46. The Bertz CT molecular complexity index is 652. The predicted octanol–water partition coefficient (Wildman–Crippen LogP) is -0.720. The first-order valence-electron chi connectivity index (χ1n) is 5.60. The van der Waals surface area contributed by atoms with E-state index >= 15 is 0 Å². The summed E-state index contributed by atoms with van der Waals surface area (Å²) in [4.78, 5) is 47.8. The summed E-state index contributed by atoms with van der Waals surface area (Å²) in [6.45, 7) is 0. The molecule has 1 fully saturated rings. The van der Waals surface area contributed by atoms with E-state index in [0.29, 0.717) is 5.69 Å². The molecule has 0 bridgehead atoms. The summed E-state index contributed by atoms with van der Waals surface area (Å²) in [6, 6.07) is 3.28. The Labute approximate surface area is 107 Å². The fraction of sp³-hybridized carbons (Fsp3) is 0.167. The summed E-state index contributed by atoms with van der Waals surface area (Å²) in [5, 5.41) is 2.07. The van der Waals surface area contributed by atoms with Crippen LogP contribution >= 0.6 is 0 Å². The molecule has 1 atom stereocenters. The number of rotatable bonds is 1. The van der Waals surface area contributed by atoms with Crippen LogP contribution in [0, 0.1) is 0 Å². The lowest BCUT2D eigenvalue weighted by molar-refractivity contribution is -0.125. The van der Waals surface area contributed by atoms with Crippen LogP contribution in [-0.4, -0.2) is 34.6 Å². The largest absolute Gasteiger partial charge is 0.399 e. The van der Waals surface area contributed by atoms with Gasteiger partial charge in [-0.2, -0.15) is 0 Å². The van der Waals surface area contributed by atoms with Crippen molar-refractivity contribution in [3.05, 3.63) is 29.3 Å². The molecule has 1 aromatic carbocycles. The van der Waals surface area contributed by atoms with Crippen molar-refractivity contribution in [3.63, 3.8) is 0 Å². The fourth-order valence-electron chi connectivity index (χ4n) is 2.31. The van der Waals surface area contributed by atoms with Gasteiger partial charge in [-0.25, -0.2) is 0 Å². The van der Waals surface area contributed by atoms with E-state index in [9.17, 15) is 19.2 Å². The SMILES string of the molecule is Nc1ccc2c(c1)C(=O)N(C1CC(=O)NC1=O)C2=O. The van der Waals surface area contributed by atoms with Gasteiger partial charge in [-0.15, -0.1) is 0 Å². The Morgan fingerprint density at radius 1 is 1.11 bits per heavy atom. The van der Waals surface area contributed by atoms with Crippen LogP contribution in [0.4, 0.5) is 5.69 Å². The van der Waals surface area contributed by atoms with Crippen LogP contribution in [0.25, 0.3) is 0 Å². The van der Waals surface area contributed by atoms with Crippen molar-refractivity contribution in [1.82, 2.24) is 10.2 Å². The van der Waals surface area contributed by atoms with Crippen LogP contribution in [0.15, 0.2) is 18.2 Å². The van der Waals surface area contributed by atoms with Crippen molar-refractivity contribution in [3.8, 4) is 0 Å². The molecule has 7 heteroatoms. The van der Waals surface area contributed by atoms with Crippen molar-refractivity contribution >= 4 is 29.3 Å². The van der Waals surface area contributed by atoms with Crippen molar-refractivity contribution < 1.29 is 19.2 Å². The van der Waals surface area contributed by atoms with E-state index in [1.54, 1.807) is 0 Å². The number of amides is 4. The van der Waals surface area contributed by atoms with Gasteiger partial charge in [-0.3, -0.25) is 29.4 Å². The topological polar surface area (TPSA) is 110 Å². The van der Waals surface area contributed by atoms with E-state index < -0.39 is 29.7 Å². The maximum atomic E-state index is 12.2. The molecule has 1 saturated heterocycles. The third kappa shape index (κ3) is 1.51. The molecule has 4 amide bonds. The van der Waals surface area contributed by atoms with Crippen molar-refractivity contribution in [1.29, 1.82) is 0 Å². The Morgan fingerprint density at radius 2 is 1.79 bits per heavy atom. The molecule has 2 aliphatic heterocycles. The van der Waals surface area contributed by atoms with Crippen LogP contribution in [0.5, 0.6) is 0 Å². The highest BCUT2D eigenvalue weighted by Crippen LogP contribution is 2.28. The highest BCUT2D eigenvalue weighted by molar-refractivity contribution is 6.24. The first-order chi connectivity index (χ1) is 8.99. The summed E-state index contributed by atoms with van der Waals surface area (Å²) < 4.78 is 0. The molecule has 0 spiro atoms. The Morgan fingerprint density at radius 3 is 2.42 bits per heavy atom. The standard InChI is InChI=1S/C12H9N3O4/c13-5-1-2-6-7(3-5)12(19)15(11(6)18)8-4-9(16)14-10(8)17/h1-3,8H,4,13H2,(H,14,16,17). The van der Waals surface area contributed by atoms with Crippen molar-refractivity contribution in [2.75, 3.05) is 5.73 Å². The van der Waals surface area contributed by atoms with E-state index in [1.165, 1.54) is 18.2 Å². The molecule has 0 saturated carbocycles. The average molecular weight is 259 g/mol. The molecule has 0 aliphatic carbocycles. The summed E-state index contributed by atoms with van der Waals surface area (Å²) >= 11 is 0. The number of imide groups is 2. The Balaban J connectivity index is 2.03. The molecule has 0 radical (unpaired) electrons. The molecule has 7 nitrogen and oxygen atoms in total. The number of nitrogens with one attached hydrogen (secondary N) is 1. The van der Waals surface area contributed by atoms with Crippen LogP contribution in [-0.2, 0) is 9.59 Å². The summed E-state index contributed by atoms with van der Waals surface area (Å²) in [5.74, 6) is -2.30. The smallest absolute Gasteiger partial charge is 0.262 e. The zero-order chi connectivity index (χ0) is 13.7. The molecule has 3 rings (SSSR count). The Hall–Kier alpha value is -2.70. The molecular weight excluding hydrogens is 250 g/mol. The molecule has 3 N–H and O–H groups in total. The van der Waals surface area contributed by atoms with Crippen LogP contribution < -0.4 is 11.1 Å². The van der Waals surface area contributed by atoms with E-state index in [1.807, 2.05) is 0 Å². The quantitative estimate of drug-likeness (QED) is 0.511. The number of carbonyl (C=O) groups is 4. The van der Waals surface area contributed by atoms with Gasteiger partial charge in [0.25, 0.3) is 11.8 Å². The van der Waals surface area contributed by atoms with Crippen LogP contribution in [0.2, 0.25) is 0 Å². The molecular formula is C12H9N3O4. The average Bonchev–Trinajstić information content (AvgIpc) is 2.78. The molecule has 0 aromatic heterocycles. The lowest BCUT2D eigenvalue weighted by Gasteiger charge is -2.18. The first-order valence-corrected chi connectivity index (χ1v) is 5.60. The van der Waals surface area contributed by atoms with Gasteiger partial charge >= 0.3 is 0 Å². The molecule has 1 aromatic rings. The lowest BCUT2D eigenvalue weighted by atomic mass is 10.1. The van der Waals surface area contributed by atoms with E-state index in [2.05, 4.69) is 5.32 Å². The third-order valence-corrected chi connectivity index (χ3v) is 3.20. The number of carbonyl (C=O) groups excluding carboxylic acids is 4. The Kier molecular flexibility index (Phi) is 2.19. The fourth-order valence-corrected chi connectivity index (χ4v) is 2.31. The van der Waals surface area contributed by atoms with Gasteiger partial charge in [0.2, 0.25) is 11.8 Å². The number of nitrogen functional groups attached to an aromatic ring is 1. The number of fused-ring (bicyclic) bond motifs is 1. The van der Waals surface area contributed by atoms with Gasteiger partial charge in [0.1, 0.15) is 6.04 Å². The number of hydrogen-bond donors (Lipinski definition) is 2. The number of nitrogens with two attached hydrogens (primary N) is 1. The minimum absolute atomic E-state index is 0.164. The third-order valence-electron chi connectivity index (χ3n) is 3.20. The van der Waals surface area contributed by atoms with Gasteiger partial charge < -0.3 is 5.73 Å². The van der Waals surface area contributed by atoms with Gasteiger partial charge in [0, 0.05) is 5.69 Å². The normalized spacial score (nSPS) is 21.9. The maximum absolute atomic E-state index is 12.2. The minimum atomic E-state index is -1.07. The monoisotopic (exact) mass is 259 g/mol. The zero-order valence-corrected chi connectivity index (χ0v) is 9.67. The molecule has 19 heavy (non-hydrogen) atoms. The highest BCUT2D eigenvalue weighted by atomic mass is 16.2. The van der Waals surface area contributed by atoms with Gasteiger partial charge in [-0.1, -0.05) is 0 Å². The summed E-state index contributed by atoms with van der Waals surface area (Å²) in [6.07, 6.45) is -0.195. The molecule has 2 heterocycles. The van der Waals surface area contributed by atoms with Crippen LogP contribution in [0.1, 0.15) is 27.1 Å². The van der Waals surface area contributed by atoms with E-state index in [4.69, 9.17) is 5.73 Å².